The average Bonchev–Trinajstić information content (AvgIpc) is 2.53. The number of nitrogens with two attached hydrogens (primary N) is 1. The van der Waals surface area contributed by atoms with Crippen LogP contribution in [0.4, 0.5) is 8.78 Å². The predicted octanol–water partition coefficient (Wildman–Crippen LogP) is 0.948. The summed E-state index contributed by atoms with van der Waals surface area (Å²) in [4.78, 5) is 15.7. The lowest BCUT2D eigenvalue weighted by Crippen LogP contribution is -2.37. The van der Waals surface area contributed by atoms with Crippen LogP contribution >= 0.6 is 0 Å². The molecule has 0 saturated carbocycles. The van der Waals surface area contributed by atoms with Crippen LogP contribution in [0.1, 0.15) is 12.5 Å². The number of carbonyl (C=O) groups excluding carboxylic acids is 1. The van der Waals surface area contributed by atoms with E-state index in [1.165, 1.54) is 25.1 Å². The normalized spacial score (nSPS) is 22.9. The minimum atomic E-state index is -2.97. The van der Waals surface area contributed by atoms with Gasteiger partial charge in [0.2, 0.25) is 0 Å². The molecule has 1 heterocycles. The number of carbonyl (C=O) groups is 1. The van der Waals surface area contributed by atoms with Crippen LogP contribution in [0.25, 0.3) is 0 Å². The van der Waals surface area contributed by atoms with Gasteiger partial charge in [0.25, 0.3) is 5.91 Å². The number of amides is 1. The van der Waals surface area contributed by atoms with E-state index in [1.54, 1.807) is 6.07 Å². The molecule has 1 amide bonds. The fourth-order valence-corrected chi connectivity index (χ4v) is 1.81. The maximum atomic E-state index is 12.3. The molecule has 2 rings (SSSR count). The van der Waals surface area contributed by atoms with E-state index in [-0.39, 0.29) is 17.3 Å². The molecule has 0 aliphatic carbocycles. The quantitative estimate of drug-likeness (QED) is 0.844. The number of benzene rings is 1. The van der Waals surface area contributed by atoms with Gasteiger partial charge in [0.1, 0.15) is 5.75 Å². The van der Waals surface area contributed by atoms with Crippen molar-refractivity contribution >= 4 is 11.9 Å². The van der Waals surface area contributed by atoms with Crippen molar-refractivity contribution in [3.63, 3.8) is 0 Å². The lowest BCUT2D eigenvalue weighted by Gasteiger charge is -2.21. The molecule has 3 N–H and O–H groups in total. The number of guanidine groups is 1. The Hall–Kier alpha value is -2.18. The van der Waals surface area contributed by atoms with Gasteiger partial charge in [-0.1, -0.05) is 18.2 Å². The first-order chi connectivity index (χ1) is 8.43. The van der Waals surface area contributed by atoms with Gasteiger partial charge in [-0.15, -0.1) is 0 Å². The van der Waals surface area contributed by atoms with E-state index in [4.69, 9.17) is 5.73 Å². The van der Waals surface area contributed by atoms with Gasteiger partial charge < -0.3 is 10.5 Å². The first-order valence-electron chi connectivity index (χ1n) is 5.14. The molecule has 0 bridgehead atoms. The third-order valence-electron chi connectivity index (χ3n) is 2.66. The van der Waals surface area contributed by atoms with Gasteiger partial charge in [0.05, 0.1) is 0 Å². The van der Waals surface area contributed by atoms with Gasteiger partial charge in [-0.3, -0.25) is 10.1 Å². The number of ether oxygens (including phenoxy) is 1. The Morgan fingerprint density at radius 2 is 2.11 bits per heavy atom. The number of hydrogen-bond donors (Lipinski definition) is 2. The molecule has 18 heavy (non-hydrogen) atoms. The fraction of sp³-hybridized carbons (Fsp3) is 0.273. The van der Waals surface area contributed by atoms with Crippen molar-refractivity contribution in [2.45, 2.75) is 19.1 Å². The van der Waals surface area contributed by atoms with E-state index >= 15 is 0 Å². The molecular formula is C11H11F2N3O2. The SMILES string of the molecule is CC1(c2ccccc2OC(F)F)N=C(N)NC1=O. The molecule has 1 aromatic carbocycles. The summed E-state index contributed by atoms with van der Waals surface area (Å²) in [5, 5.41) is 2.33. The van der Waals surface area contributed by atoms with E-state index < -0.39 is 18.1 Å². The van der Waals surface area contributed by atoms with Crippen molar-refractivity contribution in [1.29, 1.82) is 0 Å². The summed E-state index contributed by atoms with van der Waals surface area (Å²) < 4.78 is 29.0. The topological polar surface area (TPSA) is 76.7 Å². The molecule has 7 heteroatoms. The number of aliphatic imine (C=N–C) groups is 1. The Bertz CT molecular complexity index is 519. The highest BCUT2D eigenvalue weighted by atomic mass is 19.3. The molecule has 1 atom stereocenters. The lowest BCUT2D eigenvalue weighted by molar-refractivity contribution is -0.123. The van der Waals surface area contributed by atoms with E-state index in [2.05, 4.69) is 15.0 Å². The van der Waals surface area contributed by atoms with Crippen molar-refractivity contribution in [2.24, 2.45) is 10.7 Å². The molecule has 96 valence electrons. The van der Waals surface area contributed by atoms with Crippen LogP contribution in [0.5, 0.6) is 5.75 Å². The second-order valence-corrected chi connectivity index (χ2v) is 3.90. The Kier molecular flexibility index (Phi) is 2.90. The second-order valence-electron chi connectivity index (χ2n) is 3.90. The van der Waals surface area contributed by atoms with E-state index in [1.807, 2.05) is 0 Å². The van der Waals surface area contributed by atoms with Gasteiger partial charge in [0, 0.05) is 5.56 Å². The highest BCUT2D eigenvalue weighted by Crippen LogP contribution is 2.35. The van der Waals surface area contributed by atoms with Crippen LogP contribution in [0.15, 0.2) is 29.3 Å². The summed E-state index contributed by atoms with van der Waals surface area (Å²) in [6.07, 6.45) is 0. The van der Waals surface area contributed by atoms with Gasteiger partial charge in [0.15, 0.2) is 11.5 Å². The predicted molar refractivity (Wildman–Crippen MR) is 60.2 cm³/mol. The first-order valence-corrected chi connectivity index (χ1v) is 5.14. The molecule has 1 unspecified atom stereocenters. The van der Waals surface area contributed by atoms with Crippen molar-refractivity contribution in [2.75, 3.05) is 0 Å². The molecule has 1 aliphatic heterocycles. The van der Waals surface area contributed by atoms with E-state index in [0.29, 0.717) is 0 Å². The van der Waals surface area contributed by atoms with Crippen molar-refractivity contribution in [3.05, 3.63) is 29.8 Å². The number of para-hydroxylation sites is 1. The number of nitrogens with one attached hydrogen (secondary N) is 1. The molecule has 5 nitrogen and oxygen atoms in total. The monoisotopic (exact) mass is 255 g/mol. The highest BCUT2D eigenvalue weighted by molar-refractivity contribution is 6.07. The van der Waals surface area contributed by atoms with E-state index in [0.717, 1.165) is 0 Å². The molecule has 1 aromatic rings. The number of nitrogens with zero attached hydrogens (tertiary/aromatic N) is 1. The van der Waals surface area contributed by atoms with Crippen molar-refractivity contribution in [1.82, 2.24) is 5.32 Å². The zero-order chi connectivity index (χ0) is 13.3. The zero-order valence-electron chi connectivity index (χ0n) is 9.48. The zero-order valence-corrected chi connectivity index (χ0v) is 9.48. The van der Waals surface area contributed by atoms with Crippen LogP contribution in [-0.4, -0.2) is 18.5 Å². The molecule has 0 saturated heterocycles. The summed E-state index contributed by atoms with van der Waals surface area (Å²) >= 11 is 0. The molecule has 1 aliphatic rings. The summed E-state index contributed by atoms with van der Waals surface area (Å²) in [5.41, 5.74) is 4.31. The maximum absolute atomic E-state index is 12.3. The number of halogens is 2. The average molecular weight is 255 g/mol. The van der Waals surface area contributed by atoms with Gasteiger partial charge in [-0.05, 0) is 13.0 Å². The van der Waals surface area contributed by atoms with Crippen molar-refractivity contribution < 1.29 is 18.3 Å². The minimum Gasteiger partial charge on any atom is -0.434 e. The number of hydrogen-bond acceptors (Lipinski definition) is 4. The fourth-order valence-electron chi connectivity index (χ4n) is 1.81. The van der Waals surface area contributed by atoms with Crippen LogP contribution in [0, 0.1) is 0 Å². The van der Waals surface area contributed by atoms with Gasteiger partial charge >= 0.3 is 6.61 Å². The van der Waals surface area contributed by atoms with Crippen LogP contribution in [-0.2, 0) is 10.3 Å². The Balaban J connectivity index is 2.48. The number of alkyl halides is 2. The molecule has 0 spiro atoms. The molecular weight excluding hydrogens is 244 g/mol. The lowest BCUT2D eigenvalue weighted by atomic mass is 9.92. The van der Waals surface area contributed by atoms with Crippen molar-refractivity contribution in [3.8, 4) is 5.75 Å². The van der Waals surface area contributed by atoms with Gasteiger partial charge in [-0.2, -0.15) is 8.78 Å². The minimum absolute atomic E-state index is 0.0469. The summed E-state index contributed by atoms with van der Waals surface area (Å²) in [7, 11) is 0. The summed E-state index contributed by atoms with van der Waals surface area (Å²) in [5.74, 6) is -0.622. The molecule has 0 radical (unpaired) electrons. The Labute approximate surface area is 102 Å². The van der Waals surface area contributed by atoms with Crippen LogP contribution in [0.3, 0.4) is 0 Å². The largest absolute Gasteiger partial charge is 0.434 e. The Morgan fingerprint density at radius 3 is 2.67 bits per heavy atom. The Morgan fingerprint density at radius 1 is 1.44 bits per heavy atom. The standard InChI is InChI=1S/C11H11F2N3O2/c1-11(8(17)15-10(14)16-11)6-4-2-3-5-7(6)18-9(12)13/h2-5,9H,1H3,(H3,14,15,16,17). The smallest absolute Gasteiger partial charge is 0.387 e. The number of rotatable bonds is 3. The first kappa shape index (κ1) is 12.3. The maximum Gasteiger partial charge on any atom is 0.387 e. The van der Waals surface area contributed by atoms with Crippen LogP contribution < -0.4 is 15.8 Å². The summed E-state index contributed by atoms with van der Waals surface area (Å²) in [6, 6.07) is 5.99. The third kappa shape index (κ3) is 1.99. The van der Waals surface area contributed by atoms with Crippen LogP contribution in [0.2, 0.25) is 0 Å². The summed E-state index contributed by atoms with van der Waals surface area (Å²) in [6.45, 7) is -1.49. The van der Waals surface area contributed by atoms with E-state index in [9.17, 15) is 13.6 Å². The highest BCUT2D eigenvalue weighted by Gasteiger charge is 2.42. The molecule has 0 fully saturated rings. The second kappa shape index (κ2) is 4.25. The molecule has 0 aromatic heterocycles. The van der Waals surface area contributed by atoms with Gasteiger partial charge in [-0.25, -0.2) is 4.99 Å². The third-order valence-corrected chi connectivity index (χ3v) is 2.66.